The highest BCUT2D eigenvalue weighted by molar-refractivity contribution is 6.08. The first-order chi connectivity index (χ1) is 25.5. The van der Waals surface area contributed by atoms with E-state index in [2.05, 4.69) is 114 Å². The summed E-state index contributed by atoms with van der Waals surface area (Å²) in [6.07, 6.45) is 0. The minimum atomic E-state index is 0.624. The summed E-state index contributed by atoms with van der Waals surface area (Å²) in [6, 6.07) is 59.8. The van der Waals surface area contributed by atoms with Gasteiger partial charge in [0.05, 0.1) is 0 Å². The second kappa shape index (κ2) is 13.2. The van der Waals surface area contributed by atoms with Gasteiger partial charge in [-0.25, -0.2) is 15.0 Å². The van der Waals surface area contributed by atoms with Crippen molar-refractivity contribution < 1.29 is 0 Å². The molecule has 0 fully saturated rings. The van der Waals surface area contributed by atoms with Crippen molar-refractivity contribution in [3.8, 4) is 67.5 Å². The molecule has 0 amide bonds. The zero-order valence-corrected chi connectivity index (χ0v) is 29.0. The Morgan fingerprint density at radius 3 is 1.31 bits per heavy atom. The first kappa shape index (κ1) is 31.2. The molecule has 0 bridgehead atoms. The van der Waals surface area contributed by atoms with Crippen molar-refractivity contribution >= 4 is 21.5 Å². The number of benzene rings is 7. The monoisotopic (exact) mass is 666 g/mol. The summed E-state index contributed by atoms with van der Waals surface area (Å²) >= 11 is 0. The van der Waals surface area contributed by atoms with Gasteiger partial charge in [-0.1, -0.05) is 127 Å². The molecule has 0 saturated carbocycles. The minimum absolute atomic E-state index is 0.624. The Kier molecular flexibility index (Phi) is 7.90. The van der Waals surface area contributed by atoms with Crippen molar-refractivity contribution in [2.75, 3.05) is 0 Å². The highest BCUT2D eigenvalue weighted by Gasteiger charge is 2.16. The van der Waals surface area contributed by atoms with Gasteiger partial charge in [-0.15, -0.1) is 0 Å². The zero-order chi connectivity index (χ0) is 35.0. The maximum atomic E-state index is 5.12. The maximum Gasteiger partial charge on any atom is 0.164 e. The maximum absolute atomic E-state index is 5.12. The molecule has 2 aromatic heterocycles. The molecule has 0 unspecified atom stereocenters. The average Bonchev–Trinajstić information content (AvgIpc) is 3.20. The number of aromatic nitrogens is 4. The van der Waals surface area contributed by atoms with E-state index >= 15 is 0 Å². The molecule has 7 aromatic carbocycles. The molecule has 52 heavy (non-hydrogen) atoms. The first-order valence-corrected chi connectivity index (χ1v) is 17.5. The third-order valence-corrected chi connectivity index (χ3v) is 9.58. The van der Waals surface area contributed by atoms with Crippen LogP contribution in [0.3, 0.4) is 0 Å². The molecule has 0 aliphatic carbocycles. The number of rotatable bonds is 6. The van der Waals surface area contributed by atoms with Crippen LogP contribution in [0.5, 0.6) is 0 Å². The molecule has 9 rings (SSSR count). The summed E-state index contributed by atoms with van der Waals surface area (Å²) in [5.41, 5.74) is 11.5. The number of aryl methyl sites for hydroxylation is 2. The lowest BCUT2D eigenvalue weighted by molar-refractivity contribution is 1.07. The van der Waals surface area contributed by atoms with Gasteiger partial charge in [-0.05, 0) is 111 Å². The molecular formula is C48H34N4. The summed E-state index contributed by atoms with van der Waals surface area (Å²) in [5.74, 6) is 1.90. The van der Waals surface area contributed by atoms with E-state index < -0.39 is 0 Å². The summed E-state index contributed by atoms with van der Waals surface area (Å²) < 4.78 is 0. The molecule has 0 aliphatic rings. The molecule has 0 spiro atoms. The lowest BCUT2D eigenvalue weighted by Crippen LogP contribution is -2.00. The Morgan fingerprint density at radius 1 is 0.269 bits per heavy atom. The molecule has 4 heteroatoms. The molecule has 2 heterocycles. The van der Waals surface area contributed by atoms with Crippen molar-refractivity contribution in [3.05, 3.63) is 181 Å². The predicted molar refractivity (Wildman–Crippen MR) is 215 cm³/mol. The highest BCUT2D eigenvalue weighted by atomic mass is 15.0. The van der Waals surface area contributed by atoms with Crippen LogP contribution in [-0.2, 0) is 0 Å². The number of fused-ring (bicyclic) bond motifs is 3. The lowest BCUT2D eigenvalue weighted by Gasteiger charge is -2.14. The van der Waals surface area contributed by atoms with Crippen LogP contribution in [0.2, 0.25) is 0 Å². The predicted octanol–water partition coefficient (Wildman–Crippen LogP) is 12.2. The van der Waals surface area contributed by atoms with E-state index in [-0.39, 0.29) is 0 Å². The number of pyridine rings is 1. The molecule has 9 aromatic rings. The summed E-state index contributed by atoms with van der Waals surface area (Å²) in [6.45, 7) is 4.09. The van der Waals surface area contributed by atoms with E-state index in [4.69, 9.17) is 15.0 Å². The van der Waals surface area contributed by atoms with Gasteiger partial charge in [0.1, 0.15) is 0 Å². The van der Waals surface area contributed by atoms with Gasteiger partial charge in [0.25, 0.3) is 0 Å². The van der Waals surface area contributed by atoms with Crippen molar-refractivity contribution in [2.45, 2.75) is 13.8 Å². The topological polar surface area (TPSA) is 51.6 Å². The second-order valence-corrected chi connectivity index (χ2v) is 13.3. The van der Waals surface area contributed by atoms with Crippen LogP contribution in [0, 0.1) is 13.8 Å². The Labute approximate surface area is 303 Å². The molecule has 0 atom stereocenters. The number of hydrogen-bond acceptors (Lipinski definition) is 4. The van der Waals surface area contributed by atoms with Gasteiger partial charge >= 0.3 is 0 Å². The van der Waals surface area contributed by atoms with Crippen LogP contribution in [0.1, 0.15) is 11.4 Å². The van der Waals surface area contributed by atoms with E-state index in [0.717, 1.165) is 61.5 Å². The molecule has 4 nitrogen and oxygen atoms in total. The van der Waals surface area contributed by atoms with Crippen LogP contribution in [-0.4, -0.2) is 19.9 Å². The molecule has 0 saturated heterocycles. The fraction of sp³-hybridized carbons (Fsp3) is 0.0417. The van der Waals surface area contributed by atoms with Gasteiger partial charge in [-0.3, -0.25) is 4.98 Å². The normalized spacial score (nSPS) is 11.3. The summed E-state index contributed by atoms with van der Waals surface area (Å²) in [7, 11) is 0. The summed E-state index contributed by atoms with van der Waals surface area (Å²) in [4.78, 5) is 19.8. The van der Waals surface area contributed by atoms with Crippen LogP contribution < -0.4 is 0 Å². The van der Waals surface area contributed by atoms with Gasteiger partial charge in [0.2, 0.25) is 0 Å². The van der Waals surface area contributed by atoms with Crippen LogP contribution in [0.4, 0.5) is 0 Å². The van der Waals surface area contributed by atoms with Crippen molar-refractivity contribution in [3.63, 3.8) is 0 Å². The second-order valence-electron chi connectivity index (χ2n) is 13.3. The minimum Gasteiger partial charge on any atom is -0.258 e. The van der Waals surface area contributed by atoms with Crippen LogP contribution >= 0.6 is 0 Å². The molecule has 0 N–H and O–H groups in total. The largest absolute Gasteiger partial charge is 0.258 e. The van der Waals surface area contributed by atoms with Crippen LogP contribution in [0.15, 0.2) is 170 Å². The van der Waals surface area contributed by atoms with Crippen LogP contribution in [0.25, 0.3) is 89.1 Å². The molecule has 246 valence electrons. The number of hydrogen-bond donors (Lipinski definition) is 0. The molecular weight excluding hydrogens is 633 g/mol. The van der Waals surface area contributed by atoms with Gasteiger partial charge in [-0.2, -0.15) is 0 Å². The fourth-order valence-corrected chi connectivity index (χ4v) is 7.09. The SMILES string of the molecule is Cc1cc(-c2cccc(-c3cc(-c4ccc5ccc6ccccc6c5c4)cc(-c4nc(-c5ccccc5)nc(-c5ccccc5)n4)c3)c2)cc(C)n1. The molecule has 0 radical (unpaired) electrons. The standard InChI is InChI=1S/C48H34N4/c1-31-24-40(25-32(2)49-31)37-17-11-18-38(26-37)41-27-42(39-23-22-34-21-20-33-12-9-10-19-44(33)45(34)30-39)29-43(28-41)48-51-46(35-13-5-3-6-14-35)50-47(52-48)36-15-7-4-8-16-36/h3-30H,1-2H3. The van der Waals surface area contributed by atoms with Crippen molar-refractivity contribution in [1.82, 2.24) is 19.9 Å². The lowest BCUT2D eigenvalue weighted by atomic mass is 9.92. The third kappa shape index (κ3) is 6.12. The Balaban J connectivity index is 1.27. The van der Waals surface area contributed by atoms with Crippen molar-refractivity contribution in [2.24, 2.45) is 0 Å². The smallest absolute Gasteiger partial charge is 0.164 e. The molecule has 0 aliphatic heterocycles. The Hall–Kier alpha value is -6.78. The summed E-state index contributed by atoms with van der Waals surface area (Å²) in [5, 5.41) is 4.91. The van der Waals surface area contributed by atoms with E-state index in [1.165, 1.54) is 21.5 Å². The first-order valence-electron chi connectivity index (χ1n) is 17.5. The van der Waals surface area contributed by atoms with Gasteiger partial charge < -0.3 is 0 Å². The Morgan fingerprint density at radius 2 is 0.692 bits per heavy atom. The van der Waals surface area contributed by atoms with Gasteiger partial charge in [0.15, 0.2) is 17.5 Å². The highest BCUT2D eigenvalue weighted by Crippen LogP contribution is 2.37. The fourth-order valence-electron chi connectivity index (χ4n) is 7.09. The zero-order valence-electron chi connectivity index (χ0n) is 29.0. The van der Waals surface area contributed by atoms with E-state index in [1.54, 1.807) is 0 Å². The Bertz CT molecular complexity index is 2680. The van der Waals surface area contributed by atoms with E-state index in [1.807, 2.05) is 74.5 Å². The quantitative estimate of drug-likeness (QED) is 0.166. The van der Waals surface area contributed by atoms with Crippen molar-refractivity contribution in [1.29, 1.82) is 0 Å². The van der Waals surface area contributed by atoms with Gasteiger partial charge in [0, 0.05) is 28.1 Å². The van der Waals surface area contributed by atoms with E-state index in [9.17, 15) is 0 Å². The third-order valence-electron chi connectivity index (χ3n) is 9.58. The van der Waals surface area contributed by atoms with E-state index in [0.29, 0.717) is 17.5 Å². The average molecular weight is 667 g/mol. The number of nitrogens with zero attached hydrogens (tertiary/aromatic N) is 4.